The van der Waals surface area contributed by atoms with E-state index in [0.29, 0.717) is 30.6 Å². The minimum Gasteiger partial charge on any atom is -0.397 e. The molecule has 1 heterocycles. The first-order valence-electron chi connectivity index (χ1n) is 6.85. The van der Waals surface area contributed by atoms with Crippen LogP contribution in [-0.4, -0.2) is 41.7 Å². The third-order valence-electron chi connectivity index (χ3n) is 3.57. The van der Waals surface area contributed by atoms with E-state index in [1.165, 1.54) is 0 Å². The molecule has 0 bridgehead atoms. The highest BCUT2D eigenvalue weighted by atomic mass is 16.5. The SMILES string of the molecule is CCN(C(=O)c1cc(N)cn1C1CC1)C(C)COC. The smallest absolute Gasteiger partial charge is 0.270 e. The van der Waals surface area contributed by atoms with Crippen LogP contribution >= 0.6 is 0 Å². The topological polar surface area (TPSA) is 60.5 Å². The van der Waals surface area contributed by atoms with Gasteiger partial charge < -0.3 is 19.9 Å². The molecular weight excluding hydrogens is 242 g/mol. The summed E-state index contributed by atoms with van der Waals surface area (Å²) in [6.07, 6.45) is 4.14. The average Bonchev–Trinajstić information content (AvgIpc) is 3.13. The molecule has 0 radical (unpaired) electrons. The first kappa shape index (κ1) is 13.9. The number of methoxy groups -OCH3 is 1. The average molecular weight is 265 g/mol. The predicted molar refractivity (Wildman–Crippen MR) is 75.2 cm³/mol. The normalized spacial score (nSPS) is 16.4. The zero-order valence-electron chi connectivity index (χ0n) is 11.9. The molecule has 0 aromatic carbocycles. The second kappa shape index (κ2) is 5.65. The molecule has 1 fully saturated rings. The molecule has 1 aromatic heterocycles. The van der Waals surface area contributed by atoms with Gasteiger partial charge in [0.05, 0.1) is 18.3 Å². The Labute approximate surface area is 114 Å². The minimum absolute atomic E-state index is 0.0376. The number of anilines is 1. The van der Waals surface area contributed by atoms with Gasteiger partial charge in [0, 0.05) is 25.9 Å². The maximum Gasteiger partial charge on any atom is 0.270 e. The van der Waals surface area contributed by atoms with Crippen molar-refractivity contribution in [2.24, 2.45) is 0 Å². The van der Waals surface area contributed by atoms with Crippen LogP contribution in [0, 0.1) is 0 Å². The predicted octanol–water partition coefficient (Wildman–Crippen LogP) is 1.90. The Kier molecular flexibility index (Phi) is 4.14. The summed E-state index contributed by atoms with van der Waals surface area (Å²) in [5.41, 5.74) is 7.20. The number of hydrogen-bond acceptors (Lipinski definition) is 3. The van der Waals surface area contributed by atoms with Gasteiger partial charge in [-0.1, -0.05) is 0 Å². The molecule has 1 aromatic rings. The molecule has 5 heteroatoms. The van der Waals surface area contributed by atoms with Gasteiger partial charge in [0.15, 0.2) is 0 Å². The lowest BCUT2D eigenvalue weighted by atomic mass is 10.2. The molecular formula is C14H23N3O2. The summed E-state index contributed by atoms with van der Waals surface area (Å²) in [6, 6.07) is 2.29. The standard InChI is InChI=1S/C14H23N3O2/c1-4-16(10(2)9-19-3)14(18)13-7-11(15)8-17(13)12-5-6-12/h7-8,10,12H,4-6,9,15H2,1-3H3. The lowest BCUT2D eigenvalue weighted by molar-refractivity contribution is 0.0569. The molecule has 0 spiro atoms. The zero-order chi connectivity index (χ0) is 14.0. The van der Waals surface area contributed by atoms with E-state index >= 15 is 0 Å². The van der Waals surface area contributed by atoms with Crippen LogP contribution in [0.1, 0.15) is 43.2 Å². The summed E-state index contributed by atoms with van der Waals surface area (Å²) in [4.78, 5) is 14.5. The summed E-state index contributed by atoms with van der Waals surface area (Å²) in [5, 5.41) is 0. The Bertz CT molecular complexity index is 452. The Hall–Kier alpha value is -1.49. The quantitative estimate of drug-likeness (QED) is 0.854. The number of nitrogens with zero attached hydrogens (tertiary/aromatic N) is 2. The van der Waals surface area contributed by atoms with Crippen molar-refractivity contribution in [2.75, 3.05) is 26.0 Å². The van der Waals surface area contributed by atoms with Gasteiger partial charge >= 0.3 is 0 Å². The van der Waals surface area contributed by atoms with Crippen molar-refractivity contribution in [3.05, 3.63) is 18.0 Å². The lowest BCUT2D eigenvalue weighted by Gasteiger charge is -2.28. The fourth-order valence-electron chi connectivity index (χ4n) is 2.46. The highest BCUT2D eigenvalue weighted by molar-refractivity contribution is 5.94. The van der Waals surface area contributed by atoms with E-state index in [1.807, 2.05) is 29.5 Å². The zero-order valence-corrected chi connectivity index (χ0v) is 11.9. The van der Waals surface area contributed by atoms with Crippen LogP contribution in [0.15, 0.2) is 12.3 Å². The Morgan fingerprint density at radius 2 is 2.32 bits per heavy atom. The molecule has 106 valence electrons. The summed E-state index contributed by atoms with van der Waals surface area (Å²) in [7, 11) is 1.65. The van der Waals surface area contributed by atoms with E-state index in [-0.39, 0.29) is 11.9 Å². The molecule has 2 N–H and O–H groups in total. The van der Waals surface area contributed by atoms with E-state index in [1.54, 1.807) is 13.2 Å². The van der Waals surface area contributed by atoms with Crippen LogP contribution in [0.25, 0.3) is 0 Å². The van der Waals surface area contributed by atoms with Crippen molar-refractivity contribution in [1.29, 1.82) is 0 Å². The monoisotopic (exact) mass is 265 g/mol. The van der Waals surface area contributed by atoms with Gasteiger partial charge in [-0.25, -0.2) is 0 Å². The van der Waals surface area contributed by atoms with Gasteiger partial charge in [0.25, 0.3) is 5.91 Å². The maximum absolute atomic E-state index is 12.7. The molecule has 5 nitrogen and oxygen atoms in total. The van der Waals surface area contributed by atoms with Crippen molar-refractivity contribution in [3.63, 3.8) is 0 Å². The third-order valence-corrected chi connectivity index (χ3v) is 3.57. The Morgan fingerprint density at radius 1 is 1.63 bits per heavy atom. The number of carbonyl (C=O) groups excluding carboxylic acids is 1. The molecule has 19 heavy (non-hydrogen) atoms. The largest absolute Gasteiger partial charge is 0.397 e. The molecule has 1 amide bonds. The Balaban J connectivity index is 2.21. The number of likely N-dealkylation sites (N-methyl/N-ethyl adjacent to an activating group) is 1. The van der Waals surface area contributed by atoms with E-state index < -0.39 is 0 Å². The summed E-state index contributed by atoms with van der Waals surface area (Å²) in [6.45, 7) is 5.19. The highest BCUT2D eigenvalue weighted by Gasteiger charge is 2.30. The van der Waals surface area contributed by atoms with Crippen LogP contribution in [0.4, 0.5) is 5.69 Å². The lowest BCUT2D eigenvalue weighted by Crippen LogP contribution is -2.41. The summed E-state index contributed by atoms with van der Waals surface area (Å²) in [5.74, 6) is 0.0376. The van der Waals surface area contributed by atoms with E-state index in [0.717, 1.165) is 12.8 Å². The highest BCUT2D eigenvalue weighted by Crippen LogP contribution is 2.37. The second-order valence-corrected chi connectivity index (χ2v) is 5.19. The van der Waals surface area contributed by atoms with Crippen molar-refractivity contribution >= 4 is 11.6 Å². The molecule has 1 saturated carbocycles. The van der Waals surface area contributed by atoms with E-state index in [2.05, 4.69) is 0 Å². The number of carbonyl (C=O) groups is 1. The number of rotatable bonds is 6. The fraction of sp³-hybridized carbons (Fsp3) is 0.643. The summed E-state index contributed by atoms with van der Waals surface area (Å²) >= 11 is 0. The Morgan fingerprint density at radius 3 is 2.84 bits per heavy atom. The number of hydrogen-bond donors (Lipinski definition) is 1. The minimum atomic E-state index is 0.0376. The van der Waals surface area contributed by atoms with Crippen LogP contribution in [-0.2, 0) is 4.74 Å². The number of nitrogens with two attached hydrogens (primary N) is 1. The number of aromatic nitrogens is 1. The fourth-order valence-corrected chi connectivity index (χ4v) is 2.46. The molecule has 0 aliphatic heterocycles. The van der Waals surface area contributed by atoms with Crippen molar-refractivity contribution in [1.82, 2.24) is 9.47 Å². The van der Waals surface area contributed by atoms with Crippen LogP contribution < -0.4 is 5.73 Å². The van der Waals surface area contributed by atoms with Gasteiger partial charge in [0.2, 0.25) is 0 Å². The molecule has 1 unspecified atom stereocenters. The van der Waals surface area contributed by atoms with E-state index in [4.69, 9.17) is 10.5 Å². The molecule has 1 aliphatic rings. The van der Waals surface area contributed by atoms with Gasteiger partial charge in [-0.05, 0) is 32.8 Å². The van der Waals surface area contributed by atoms with Gasteiger partial charge in [0.1, 0.15) is 5.69 Å². The van der Waals surface area contributed by atoms with Gasteiger partial charge in [-0.3, -0.25) is 4.79 Å². The first-order valence-corrected chi connectivity index (χ1v) is 6.85. The van der Waals surface area contributed by atoms with Gasteiger partial charge in [-0.2, -0.15) is 0 Å². The van der Waals surface area contributed by atoms with Crippen molar-refractivity contribution in [3.8, 4) is 0 Å². The van der Waals surface area contributed by atoms with Gasteiger partial charge in [-0.15, -0.1) is 0 Å². The second-order valence-electron chi connectivity index (χ2n) is 5.19. The molecule has 2 rings (SSSR count). The first-order chi connectivity index (χ1) is 9.08. The maximum atomic E-state index is 12.7. The molecule has 1 aliphatic carbocycles. The van der Waals surface area contributed by atoms with Crippen LogP contribution in [0.5, 0.6) is 0 Å². The number of ether oxygens (including phenoxy) is 1. The summed E-state index contributed by atoms with van der Waals surface area (Å²) < 4.78 is 7.17. The van der Waals surface area contributed by atoms with Crippen molar-refractivity contribution < 1.29 is 9.53 Å². The third kappa shape index (κ3) is 2.92. The van der Waals surface area contributed by atoms with Crippen molar-refractivity contribution in [2.45, 2.75) is 38.8 Å². The molecule has 1 atom stereocenters. The van der Waals surface area contributed by atoms with Crippen LogP contribution in [0.2, 0.25) is 0 Å². The molecule has 0 saturated heterocycles. The van der Waals surface area contributed by atoms with E-state index in [9.17, 15) is 4.79 Å². The van der Waals surface area contributed by atoms with Crippen LogP contribution in [0.3, 0.4) is 0 Å². The number of amides is 1. The number of nitrogen functional groups attached to an aromatic ring is 1.